The number of hydrogen-bond donors (Lipinski definition) is 2. The van der Waals surface area contributed by atoms with Crippen LogP contribution in [0.5, 0.6) is 0 Å². The number of carbonyl (C=O) groups excluding carboxylic acids is 1. The molecule has 1 aliphatic carbocycles. The highest BCUT2D eigenvalue weighted by Gasteiger charge is 2.20. The summed E-state index contributed by atoms with van der Waals surface area (Å²) in [5.41, 5.74) is 4.65. The first-order chi connectivity index (χ1) is 12.2. The zero-order valence-electron chi connectivity index (χ0n) is 14.3. The van der Waals surface area contributed by atoms with E-state index in [2.05, 4.69) is 26.6 Å². The van der Waals surface area contributed by atoms with Crippen LogP contribution in [0.3, 0.4) is 0 Å². The second kappa shape index (κ2) is 6.57. The highest BCUT2D eigenvalue weighted by molar-refractivity contribution is 7.20. The van der Waals surface area contributed by atoms with Gasteiger partial charge in [0, 0.05) is 36.3 Å². The van der Waals surface area contributed by atoms with Crippen molar-refractivity contribution in [2.24, 2.45) is 0 Å². The molecule has 2 N–H and O–H groups in total. The minimum absolute atomic E-state index is 0.294. The number of aromatic nitrogens is 3. The van der Waals surface area contributed by atoms with Crippen molar-refractivity contribution in [1.82, 2.24) is 20.5 Å². The number of pyridine rings is 1. The van der Waals surface area contributed by atoms with Crippen LogP contribution in [0.15, 0.2) is 18.5 Å². The Labute approximate surface area is 149 Å². The number of nitrogens with zero attached hydrogens (tertiary/aromatic N) is 2. The summed E-state index contributed by atoms with van der Waals surface area (Å²) in [6.07, 6.45) is 6.98. The van der Waals surface area contributed by atoms with Gasteiger partial charge >= 0.3 is 5.97 Å². The SMILES string of the molecule is COC(=O)c1sc2ncc(CNC3CCc4cn[nH]c4C3)cc2c1C. The quantitative estimate of drug-likeness (QED) is 0.703. The smallest absolute Gasteiger partial charge is 0.348 e. The van der Waals surface area contributed by atoms with Crippen molar-refractivity contribution < 1.29 is 9.53 Å². The van der Waals surface area contributed by atoms with E-state index in [1.54, 1.807) is 0 Å². The molecule has 7 heteroatoms. The molecule has 1 atom stereocenters. The number of esters is 1. The van der Waals surface area contributed by atoms with Crippen LogP contribution in [0.25, 0.3) is 10.2 Å². The summed E-state index contributed by atoms with van der Waals surface area (Å²) >= 11 is 1.39. The summed E-state index contributed by atoms with van der Waals surface area (Å²) in [6, 6.07) is 2.57. The van der Waals surface area contributed by atoms with E-state index in [4.69, 9.17) is 4.74 Å². The summed E-state index contributed by atoms with van der Waals surface area (Å²) in [7, 11) is 1.41. The second-order valence-corrected chi connectivity index (χ2v) is 7.44. The molecule has 3 aromatic rings. The third kappa shape index (κ3) is 3.05. The molecule has 3 heterocycles. The molecular weight excluding hydrogens is 336 g/mol. The lowest BCUT2D eigenvalue weighted by molar-refractivity contribution is 0.0605. The van der Waals surface area contributed by atoms with Gasteiger partial charge in [-0.15, -0.1) is 11.3 Å². The largest absolute Gasteiger partial charge is 0.465 e. The lowest BCUT2D eigenvalue weighted by Crippen LogP contribution is -2.34. The Morgan fingerprint density at radius 2 is 2.36 bits per heavy atom. The zero-order chi connectivity index (χ0) is 17.4. The van der Waals surface area contributed by atoms with Crippen molar-refractivity contribution in [2.75, 3.05) is 7.11 Å². The molecule has 0 fully saturated rings. The highest BCUT2D eigenvalue weighted by atomic mass is 32.1. The molecule has 0 saturated carbocycles. The Hall–Kier alpha value is -2.25. The normalized spacial score (nSPS) is 16.8. The van der Waals surface area contributed by atoms with Crippen molar-refractivity contribution in [1.29, 1.82) is 0 Å². The predicted molar refractivity (Wildman–Crippen MR) is 96.9 cm³/mol. The minimum Gasteiger partial charge on any atom is -0.465 e. The van der Waals surface area contributed by atoms with Crippen molar-refractivity contribution >= 4 is 27.5 Å². The van der Waals surface area contributed by atoms with Crippen LogP contribution in [0.2, 0.25) is 0 Å². The number of fused-ring (bicyclic) bond motifs is 2. The number of H-pyrrole nitrogens is 1. The van der Waals surface area contributed by atoms with Gasteiger partial charge in [-0.3, -0.25) is 5.10 Å². The molecule has 0 bridgehead atoms. The van der Waals surface area contributed by atoms with Gasteiger partial charge in [-0.2, -0.15) is 5.10 Å². The average Bonchev–Trinajstić information content (AvgIpc) is 3.23. The summed E-state index contributed by atoms with van der Waals surface area (Å²) in [5.74, 6) is -0.294. The molecule has 0 amide bonds. The maximum absolute atomic E-state index is 11.8. The van der Waals surface area contributed by atoms with Gasteiger partial charge in [0.05, 0.1) is 13.3 Å². The number of thiophene rings is 1. The third-order valence-corrected chi connectivity index (χ3v) is 6.03. The number of aromatic amines is 1. The number of rotatable bonds is 4. The predicted octanol–water partition coefficient (Wildman–Crippen LogP) is 2.76. The maximum atomic E-state index is 11.8. The first-order valence-corrected chi connectivity index (χ1v) is 9.18. The summed E-state index contributed by atoms with van der Waals surface area (Å²) in [5, 5.41) is 11.9. The number of carbonyl (C=O) groups is 1. The van der Waals surface area contributed by atoms with E-state index < -0.39 is 0 Å². The second-order valence-electron chi connectivity index (χ2n) is 6.44. The Bertz CT molecular complexity index is 930. The molecule has 1 unspecified atom stereocenters. The molecule has 4 rings (SSSR count). The van der Waals surface area contributed by atoms with E-state index in [1.165, 1.54) is 29.7 Å². The molecule has 130 valence electrons. The molecule has 0 aliphatic heterocycles. The van der Waals surface area contributed by atoms with Gasteiger partial charge < -0.3 is 10.1 Å². The van der Waals surface area contributed by atoms with Crippen LogP contribution in [0.1, 0.15) is 38.5 Å². The summed E-state index contributed by atoms with van der Waals surface area (Å²) in [6.45, 7) is 2.71. The van der Waals surface area contributed by atoms with Gasteiger partial charge in [0.15, 0.2) is 0 Å². The van der Waals surface area contributed by atoms with Gasteiger partial charge in [-0.1, -0.05) is 0 Å². The molecule has 0 aromatic carbocycles. The molecule has 0 saturated heterocycles. The van der Waals surface area contributed by atoms with Crippen LogP contribution in [-0.2, 0) is 24.1 Å². The molecule has 3 aromatic heterocycles. The van der Waals surface area contributed by atoms with E-state index in [0.717, 1.165) is 47.2 Å². The highest BCUT2D eigenvalue weighted by Crippen LogP contribution is 2.30. The van der Waals surface area contributed by atoms with E-state index >= 15 is 0 Å². The van der Waals surface area contributed by atoms with Gasteiger partial charge in [-0.05, 0) is 42.5 Å². The molecule has 0 radical (unpaired) electrons. The molecule has 0 spiro atoms. The van der Waals surface area contributed by atoms with E-state index in [-0.39, 0.29) is 5.97 Å². The van der Waals surface area contributed by atoms with Crippen LogP contribution in [-0.4, -0.2) is 34.3 Å². The van der Waals surface area contributed by atoms with Gasteiger partial charge in [0.2, 0.25) is 0 Å². The standard InChI is InChI=1S/C18H20N4O2S/c1-10-14-5-11(8-20-17(14)25-16(10)18(23)24-2)7-19-13-4-3-12-9-21-22-15(12)6-13/h5,8-9,13,19H,3-4,6-7H2,1-2H3,(H,21,22). The van der Waals surface area contributed by atoms with Crippen LogP contribution < -0.4 is 5.32 Å². The molecular formula is C18H20N4O2S. The van der Waals surface area contributed by atoms with Gasteiger partial charge in [0.1, 0.15) is 9.71 Å². The number of nitrogens with one attached hydrogen (secondary N) is 2. The lowest BCUT2D eigenvalue weighted by atomic mass is 9.93. The molecule has 6 nitrogen and oxygen atoms in total. The van der Waals surface area contributed by atoms with E-state index in [1.807, 2.05) is 19.3 Å². The van der Waals surface area contributed by atoms with Crippen molar-refractivity contribution in [3.8, 4) is 0 Å². The number of aryl methyl sites for hydroxylation is 2. The van der Waals surface area contributed by atoms with Crippen molar-refractivity contribution in [3.05, 3.63) is 45.7 Å². The molecule has 1 aliphatic rings. The zero-order valence-corrected chi connectivity index (χ0v) is 15.1. The fourth-order valence-electron chi connectivity index (χ4n) is 3.37. The first kappa shape index (κ1) is 16.2. The van der Waals surface area contributed by atoms with Gasteiger partial charge in [-0.25, -0.2) is 9.78 Å². The van der Waals surface area contributed by atoms with E-state index in [0.29, 0.717) is 10.9 Å². The lowest BCUT2D eigenvalue weighted by Gasteiger charge is -2.22. The Balaban J connectivity index is 1.49. The Morgan fingerprint density at radius 1 is 1.48 bits per heavy atom. The maximum Gasteiger partial charge on any atom is 0.348 e. The van der Waals surface area contributed by atoms with Crippen LogP contribution in [0.4, 0.5) is 0 Å². The van der Waals surface area contributed by atoms with Gasteiger partial charge in [0.25, 0.3) is 0 Å². The number of methoxy groups -OCH3 is 1. The minimum atomic E-state index is -0.294. The summed E-state index contributed by atoms with van der Waals surface area (Å²) in [4.78, 5) is 17.9. The van der Waals surface area contributed by atoms with Crippen molar-refractivity contribution in [3.63, 3.8) is 0 Å². The average molecular weight is 356 g/mol. The number of ether oxygens (including phenoxy) is 1. The fourth-order valence-corrected chi connectivity index (χ4v) is 4.42. The first-order valence-electron chi connectivity index (χ1n) is 8.36. The topological polar surface area (TPSA) is 79.9 Å². The Morgan fingerprint density at radius 3 is 3.20 bits per heavy atom. The monoisotopic (exact) mass is 356 g/mol. The fraction of sp³-hybridized carbons (Fsp3) is 0.389. The van der Waals surface area contributed by atoms with Crippen LogP contribution >= 0.6 is 11.3 Å². The van der Waals surface area contributed by atoms with Crippen LogP contribution in [0, 0.1) is 6.92 Å². The van der Waals surface area contributed by atoms with Crippen molar-refractivity contribution in [2.45, 2.75) is 38.8 Å². The number of hydrogen-bond acceptors (Lipinski definition) is 6. The third-order valence-electron chi connectivity index (χ3n) is 4.84. The summed E-state index contributed by atoms with van der Waals surface area (Å²) < 4.78 is 4.85. The van der Waals surface area contributed by atoms with E-state index in [9.17, 15) is 4.79 Å². The Kier molecular flexibility index (Phi) is 4.27. The molecule has 25 heavy (non-hydrogen) atoms.